The van der Waals surface area contributed by atoms with E-state index in [0.717, 1.165) is 6.42 Å². The lowest BCUT2D eigenvalue weighted by molar-refractivity contribution is 0.243. The maximum absolute atomic E-state index is 4.84. The van der Waals surface area contributed by atoms with Gasteiger partial charge in [0.2, 0.25) is 0 Å². The van der Waals surface area contributed by atoms with E-state index in [9.17, 15) is 0 Å². The molecule has 4 rings (SSSR count). The van der Waals surface area contributed by atoms with E-state index in [1.54, 1.807) is 0 Å². The molecule has 0 amide bonds. The van der Waals surface area contributed by atoms with Crippen LogP contribution >= 0.6 is 0 Å². The molecule has 0 fully saturated rings. The highest BCUT2D eigenvalue weighted by Crippen LogP contribution is 2.42. The van der Waals surface area contributed by atoms with Crippen LogP contribution in [0.15, 0.2) is 53.9 Å². The van der Waals surface area contributed by atoms with Gasteiger partial charge < -0.3 is 0 Å². The van der Waals surface area contributed by atoms with E-state index in [4.69, 9.17) is 5.10 Å². The van der Waals surface area contributed by atoms with Gasteiger partial charge >= 0.3 is 0 Å². The first-order valence-corrected chi connectivity index (χ1v) is 7.14. The summed E-state index contributed by atoms with van der Waals surface area (Å²) < 4.78 is 0. The van der Waals surface area contributed by atoms with Crippen molar-refractivity contribution in [3.05, 3.63) is 65.5 Å². The molecule has 100 valence electrons. The fraction of sp³-hybridized carbons (Fsp3) is 0.294. The van der Waals surface area contributed by atoms with Crippen molar-refractivity contribution < 1.29 is 0 Å². The number of aryl methyl sites for hydroxylation is 1. The third-order valence-electron chi connectivity index (χ3n) is 4.47. The second-order valence-corrected chi connectivity index (χ2v) is 5.59. The largest absolute Gasteiger partial charge is 0.292 e. The van der Waals surface area contributed by atoms with E-state index in [1.165, 1.54) is 28.8 Å². The van der Waals surface area contributed by atoms with E-state index in [2.05, 4.69) is 53.4 Å². The summed E-state index contributed by atoms with van der Waals surface area (Å²) in [5.41, 5.74) is 5.35. The molecule has 3 heteroatoms. The van der Waals surface area contributed by atoms with E-state index in [-0.39, 0.29) is 0 Å². The first-order chi connectivity index (χ1) is 9.84. The van der Waals surface area contributed by atoms with E-state index >= 15 is 0 Å². The van der Waals surface area contributed by atoms with Crippen LogP contribution in [-0.2, 0) is 6.42 Å². The van der Waals surface area contributed by atoms with Gasteiger partial charge in [0.05, 0.1) is 11.8 Å². The molecule has 3 nitrogen and oxygen atoms in total. The lowest BCUT2D eigenvalue weighted by Gasteiger charge is -2.28. The van der Waals surface area contributed by atoms with Crippen LogP contribution < -0.4 is 0 Å². The van der Waals surface area contributed by atoms with Gasteiger partial charge in [0, 0.05) is 30.9 Å². The fourth-order valence-corrected chi connectivity index (χ4v) is 3.57. The molecule has 20 heavy (non-hydrogen) atoms. The van der Waals surface area contributed by atoms with Gasteiger partial charge in [0.15, 0.2) is 0 Å². The molecule has 1 aromatic carbocycles. The van der Waals surface area contributed by atoms with Crippen molar-refractivity contribution in [3.63, 3.8) is 0 Å². The number of rotatable bonds is 1. The van der Waals surface area contributed by atoms with Gasteiger partial charge in [0.1, 0.15) is 0 Å². The summed E-state index contributed by atoms with van der Waals surface area (Å²) in [5, 5.41) is 6.96. The van der Waals surface area contributed by atoms with E-state index < -0.39 is 0 Å². The quantitative estimate of drug-likeness (QED) is 0.791. The predicted octanol–water partition coefficient (Wildman–Crippen LogP) is 3.03. The Morgan fingerprint density at radius 1 is 1.10 bits per heavy atom. The van der Waals surface area contributed by atoms with Crippen molar-refractivity contribution in [1.29, 1.82) is 0 Å². The summed E-state index contributed by atoms with van der Waals surface area (Å²) in [6.07, 6.45) is 6.07. The molecule has 1 aliphatic carbocycles. The third-order valence-corrected chi connectivity index (χ3v) is 4.47. The van der Waals surface area contributed by atoms with Crippen LogP contribution in [0.1, 0.15) is 29.2 Å². The van der Waals surface area contributed by atoms with Crippen molar-refractivity contribution in [2.75, 3.05) is 7.05 Å². The monoisotopic (exact) mass is 263 g/mol. The molecule has 1 aromatic heterocycles. The van der Waals surface area contributed by atoms with E-state index in [0.29, 0.717) is 12.0 Å². The van der Waals surface area contributed by atoms with Gasteiger partial charge in [-0.1, -0.05) is 24.3 Å². The minimum Gasteiger partial charge on any atom is -0.292 e. The van der Waals surface area contributed by atoms with Crippen molar-refractivity contribution >= 4 is 5.71 Å². The molecule has 0 bridgehead atoms. The van der Waals surface area contributed by atoms with Crippen LogP contribution in [0, 0.1) is 5.92 Å². The SMILES string of the molecule is CN1N=C2c3ccccc3CC[C@@H]2[C@H]1c1ccncc1. The zero-order chi connectivity index (χ0) is 13.5. The van der Waals surface area contributed by atoms with Crippen LogP contribution in [0.4, 0.5) is 0 Å². The van der Waals surface area contributed by atoms with Crippen LogP contribution in [0.25, 0.3) is 0 Å². The topological polar surface area (TPSA) is 28.5 Å². The second-order valence-electron chi connectivity index (χ2n) is 5.59. The van der Waals surface area contributed by atoms with Crippen molar-refractivity contribution in [2.24, 2.45) is 11.0 Å². The highest BCUT2D eigenvalue weighted by molar-refractivity contribution is 6.05. The van der Waals surface area contributed by atoms with Gasteiger partial charge in [-0.25, -0.2) is 0 Å². The first kappa shape index (κ1) is 11.6. The Kier molecular flexibility index (Phi) is 2.59. The summed E-state index contributed by atoms with van der Waals surface area (Å²) in [5.74, 6) is 0.497. The van der Waals surface area contributed by atoms with E-state index in [1.807, 2.05) is 12.4 Å². The minimum atomic E-state index is 0.348. The molecular formula is C17H17N3. The van der Waals surface area contributed by atoms with Gasteiger partial charge in [-0.05, 0) is 36.1 Å². The smallest absolute Gasteiger partial charge is 0.0802 e. The Morgan fingerprint density at radius 2 is 1.90 bits per heavy atom. The van der Waals surface area contributed by atoms with Crippen LogP contribution in [0.5, 0.6) is 0 Å². The summed E-state index contributed by atoms with van der Waals surface area (Å²) in [6.45, 7) is 0. The highest BCUT2D eigenvalue weighted by atomic mass is 15.5. The Balaban J connectivity index is 1.77. The Labute approximate surface area is 119 Å². The standard InChI is InChI=1S/C17H17N3/c1-20-17(13-8-10-18-11-9-13)15-7-6-12-4-2-3-5-14(12)16(15)19-20/h2-5,8-11,15,17H,6-7H2,1H3/t15-,17+/m0/s1. The molecule has 0 radical (unpaired) electrons. The molecular weight excluding hydrogens is 246 g/mol. The number of hydrogen-bond acceptors (Lipinski definition) is 3. The first-order valence-electron chi connectivity index (χ1n) is 7.14. The second kappa shape index (κ2) is 4.44. The summed E-state index contributed by atoms with van der Waals surface area (Å²) in [4.78, 5) is 4.13. The van der Waals surface area contributed by atoms with Crippen LogP contribution in [-0.4, -0.2) is 22.8 Å². The average Bonchev–Trinajstić information content (AvgIpc) is 2.84. The highest BCUT2D eigenvalue weighted by Gasteiger charge is 2.39. The van der Waals surface area contributed by atoms with Gasteiger partial charge in [0.25, 0.3) is 0 Å². The number of pyridine rings is 1. The molecule has 2 atom stereocenters. The van der Waals surface area contributed by atoms with Crippen LogP contribution in [0.2, 0.25) is 0 Å². The molecule has 0 unspecified atom stereocenters. The lowest BCUT2D eigenvalue weighted by atomic mass is 9.77. The number of benzene rings is 1. The summed E-state index contributed by atoms with van der Waals surface area (Å²) in [7, 11) is 2.08. The normalized spacial score (nSPS) is 24.1. The van der Waals surface area contributed by atoms with Crippen molar-refractivity contribution in [3.8, 4) is 0 Å². The van der Waals surface area contributed by atoms with Gasteiger partial charge in [-0.2, -0.15) is 5.10 Å². The molecule has 2 aromatic rings. The minimum absolute atomic E-state index is 0.348. The Morgan fingerprint density at radius 3 is 2.75 bits per heavy atom. The Bertz CT molecular complexity index is 663. The third kappa shape index (κ3) is 1.66. The molecule has 0 saturated carbocycles. The van der Waals surface area contributed by atoms with Crippen molar-refractivity contribution in [2.45, 2.75) is 18.9 Å². The molecule has 0 saturated heterocycles. The van der Waals surface area contributed by atoms with Gasteiger partial charge in [-0.15, -0.1) is 0 Å². The molecule has 0 N–H and O–H groups in total. The fourth-order valence-electron chi connectivity index (χ4n) is 3.57. The Hall–Kier alpha value is -2.16. The van der Waals surface area contributed by atoms with Gasteiger partial charge in [-0.3, -0.25) is 9.99 Å². The molecule has 2 heterocycles. The number of nitrogens with zero attached hydrogens (tertiary/aromatic N) is 3. The molecule has 0 spiro atoms. The van der Waals surface area contributed by atoms with Crippen LogP contribution in [0.3, 0.4) is 0 Å². The molecule has 2 aliphatic rings. The number of fused-ring (bicyclic) bond motifs is 3. The zero-order valence-corrected chi connectivity index (χ0v) is 11.5. The molecule has 1 aliphatic heterocycles. The number of hydrogen-bond donors (Lipinski definition) is 0. The lowest BCUT2D eigenvalue weighted by Crippen LogP contribution is -2.27. The summed E-state index contributed by atoms with van der Waals surface area (Å²) in [6, 6.07) is 13.3. The maximum Gasteiger partial charge on any atom is 0.0802 e. The summed E-state index contributed by atoms with van der Waals surface area (Å²) >= 11 is 0. The number of aromatic nitrogens is 1. The number of hydrazone groups is 1. The zero-order valence-electron chi connectivity index (χ0n) is 11.5. The average molecular weight is 263 g/mol. The predicted molar refractivity (Wildman–Crippen MR) is 79.5 cm³/mol. The maximum atomic E-state index is 4.84. The van der Waals surface area contributed by atoms with Crippen molar-refractivity contribution in [1.82, 2.24) is 9.99 Å².